The second kappa shape index (κ2) is 4.63. The fraction of sp³-hybridized carbons (Fsp3) is 0.533. The molecule has 1 aromatic heterocycles. The summed E-state index contributed by atoms with van der Waals surface area (Å²) in [7, 11) is 0. The summed E-state index contributed by atoms with van der Waals surface area (Å²) in [4.78, 5) is 4.48. The van der Waals surface area contributed by atoms with E-state index in [1.54, 1.807) is 0 Å². The van der Waals surface area contributed by atoms with E-state index in [9.17, 15) is 0 Å². The molecular formula is C15H20N2O. The van der Waals surface area contributed by atoms with Gasteiger partial charge in [0.2, 0.25) is 0 Å². The Morgan fingerprint density at radius 3 is 2.89 bits per heavy atom. The van der Waals surface area contributed by atoms with Gasteiger partial charge in [0.05, 0.1) is 0 Å². The third kappa shape index (κ3) is 2.22. The van der Waals surface area contributed by atoms with Crippen molar-refractivity contribution >= 4 is 16.8 Å². The highest BCUT2D eigenvalue weighted by Crippen LogP contribution is 2.35. The lowest BCUT2D eigenvalue weighted by molar-refractivity contribution is 0.538. The molecule has 18 heavy (non-hydrogen) atoms. The highest BCUT2D eigenvalue weighted by molar-refractivity contribution is 5.77. The minimum absolute atomic E-state index is 0.611. The van der Waals surface area contributed by atoms with E-state index >= 15 is 0 Å². The predicted molar refractivity (Wildman–Crippen MR) is 73.8 cm³/mol. The van der Waals surface area contributed by atoms with Gasteiger partial charge in [-0.15, -0.1) is 0 Å². The topological polar surface area (TPSA) is 38.1 Å². The molecule has 1 saturated carbocycles. The summed E-state index contributed by atoms with van der Waals surface area (Å²) in [5.41, 5.74) is 3.01. The van der Waals surface area contributed by atoms with E-state index in [0.717, 1.165) is 35.0 Å². The van der Waals surface area contributed by atoms with Crippen LogP contribution in [-0.4, -0.2) is 11.0 Å². The van der Waals surface area contributed by atoms with Gasteiger partial charge >= 0.3 is 0 Å². The minimum atomic E-state index is 0.611. The average molecular weight is 244 g/mol. The van der Waals surface area contributed by atoms with Crippen LogP contribution in [0.1, 0.15) is 39.0 Å². The van der Waals surface area contributed by atoms with Crippen molar-refractivity contribution in [3.8, 4) is 0 Å². The zero-order chi connectivity index (χ0) is 12.5. The molecule has 96 valence electrons. The lowest BCUT2D eigenvalue weighted by Gasteiger charge is -2.17. The Bertz CT molecular complexity index is 542. The van der Waals surface area contributed by atoms with Crippen molar-refractivity contribution in [2.75, 3.05) is 5.32 Å². The predicted octanol–water partition coefficient (Wildman–Crippen LogP) is 3.99. The average Bonchev–Trinajstić information content (AvgIpc) is 3.15. The summed E-state index contributed by atoms with van der Waals surface area (Å²) < 4.78 is 5.62. The Balaban J connectivity index is 1.83. The lowest BCUT2D eigenvalue weighted by atomic mass is 10.1. The molecule has 3 heteroatoms. The van der Waals surface area contributed by atoms with Gasteiger partial charge in [0.25, 0.3) is 0 Å². The molecule has 1 unspecified atom stereocenters. The van der Waals surface area contributed by atoms with Gasteiger partial charge in [-0.25, -0.2) is 4.98 Å². The normalized spacial score (nSPS) is 17.0. The maximum absolute atomic E-state index is 5.62. The van der Waals surface area contributed by atoms with Crippen molar-refractivity contribution in [2.24, 2.45) is 5.92 Å². The Morgan fingerprint density at radius 2 is 2.22 bits per heavy atom. The van der Waals surface area contributed by atoms with Crippen LogP contribution in [0.4, 0.5) is 5.69 Å². The summed E-state index contributed by atoms with van der Waals surface area (Å²) in [6, 6.07) is 6.82. The first-order chi connectivity index (χ1) is 8.80. The van der Waals surface area contributed by atoms with Gasteiger partial charge < -0.3 is 9.73 Å². The van der Waals surface area contributed by atoms with Gasteiger partial charge in [0, 0.05) is 18.2 Å². The fourth-order valence-electron chi connectivity index (χ4n) is 2.48. The number of nitrogens with one attached hydrogen (secondary N) is 1. The number of aromatic nitrogens is 1. The smallest absolute Gasteiger partial charge is 0.195 e. The zero-order valence-electron chi connectivity index (χ0n) is 11.1. The van der Waals surface area contributed by atoms with Gasteiger partial charge in [0.15, 0.2) is 11.5 Å². The summed E-state index contributed by atoms with van der Waals surface area (Å²) >= 11 is 0. The molecule has 1 atom stereocenters. The molecule has 1 aromatic carbocycles. The molecule has 1 aliphatic rings. The molecule has 2 aromatic rings. The third-order valence-corrected chi connectivity index (χ3v) is 3.72. The number of oxazole rings is 1. The van der Waals surface area contributed by atoms with Crippen LogP contribution in [0.2, 0.25) is 0 Å². The highest BCUT2D eigenvalue weighted by atomic mass is 16.3. The quantitative estimate of drug-likeness (QED) is 0.864. The van der Waals surface area contributed by atoms with Crippen molar-refractivity contribution in [1.82, 2.24) is 4.98 Å². The van der Waals surface area contributed by atoms with Crippen LogP contribution in [0, 0.1) is 5.92 Å². The molecule has 0 saturated heterocycles. The van der Waals surface area contributed by atoms with Crippen molar-refractivity contribution in [2.45, 2.75) is 45.6 Å². The second-order valence-corrected chi connectivity index (χ2v) is 5.14. The highest BCUT2D eigenvalue weighted by Gasteiger charge is 2.29. The second-order valence-electron chi connectivity index (χ2n) is 5.14. The fourth-order valence-corrected chi connectivity index (χ4v) is 2.48. The first-order valence-electron chi connectivity index (χ1n) is 6.96. The Hall–Kier alpha value is -1.51. The van der Waals surface area contributed by atoms with Gasteiger partial charge in [-0.2, -0.15) is 0 Å². The van der Waals surface area contributed by atoms with Crippen molar-refractivity contribution < 1.29 is 4.42 Å². The number of aryl methyl sites for hydroxylation is 1. The molecule has 1 N–H and O–H groups in total. The number of rotatable bonds is 5. The number of nitrogens with zero attached hydrogens (tertiary/aromatic N) is 1. The van der Waals surface area contributed by atoms with E-state index in [1.165, 1.54) is 19.3 Å². The van der Waals surface area contributed by atoms with Crippen LogP contribution in [0.15, 0.2) is 22.6 Å². The van der Waals surface area contributed by atoms with Crippen molar-refractivity contribution in [1.29, 1.82) is 0 Å². The molecule has 1 fully saturated rings. The lowest BCUT2D eigenvalue weighted by Crippen LogP contribution is -2.20. The number of hydrogen-bond donors (Lipinski definition) is 1. The van der Waals surface area contributed by atoms with Crippen LogP contribution in [-0.2, 0) is 6.42 Å². The van der Waals surface area contributed by atoms with E-state index in [2.05, 4.69) is 36.3 Å². The van der Waals surface area contributed by atoms with Gasteiger partial charge in [-0.1, -0.05) is 13.8 Å². The maximum atomic E-state index is 5.62. The van der Waals surface area contributed by atoms with Crippen LogP contribution in [0.25, 0.3) is 11.1 Å². The van der Waals surface area contributed by atoms with Crippen LogP contribution in [0.5, 0.6) is 0 Å². The van der Waals surface area contributed by atoms with Gasteiger partial charge in [-0.3, -0.25) is 0 Å². The Labute approximate surface area is 108 Å². The van der Waals surface area contributed by atoms with Gasteiger partial charge in [0.1, 0.15) is 5.52 Å². The first-order valence-corrected chi connectivity index (χ1v) is 6.96. The number of hydrogen-bond acceptors (Lipinski definition) is 3. The number of fused-ring (bicyclic) bond motifs is 1. The Morgan fingerprint density at radius 1 is 1.39 bits per heavy atom. The molecule has 0 radical (unpaired) electrons. The van der Waals surface area contributed by atoms with Crippen LogP contribution in [0.3, 0.4) is 0 Å². The number of benzene rings is 1. The van der Waals surface area contributed by atoms with E-state index in [-0.39, 0.29) is 0 Å². The first kappa shape index (κ1) is 11.6. The van der Waals surface area contributed by atoms with Crippen LogP contribution >= 0.6 is 0 Å². The maximum Gasteiger partial charge on any atom is 0.195 e. The monoisotopic (exact) mass is 244 g/mol. The zero-order valence-corrected chi connectivity index (χ0v) is 11.1. The van der Waals surface area contributed by atoms with Crippen molar-refractivity contribution in [3.05, 3.63) is 24.1 Å². The minimum Gasteiger partial charge on any atom is -0.441 e. The van der Waals surface area contributed by atoms with E-state index in [4.69, 9.17) is 4.42 Å². The molecule has 3 nitrogen and oxygen atoms in total. The van der Waals surface area contributed by atoms with Crippen LogP contribution < -0.4 is 5.32 Å². The standard InChI is InChI=1S/C15H20N2O/c1-3-12(10-5-6-10)16-11-7-8-14-13(9-11)17-15(4-2)18-14/h7-10,12,16H,3-6H2,1-2H3. The van der Waals surface area contributed by atoms with E-state index < -0.39 is 0 Å². The largest absolute Gasteiger partial charge is 0.441 e. The molecule has 0 spiro atoms. The summed E-state index contributed by atoms with van der Waals surface area (Å²) in [6.45, 7) is 4.31. The van der Waals surface area contributed by atoms with Crippen molar-refractivity contribution in [3.63, 3.8) is 0 Å². The van der Waals surface area contributed by atoms with Gasteiger partial charge in [-0.05, 0) is 43.4 Å². The van der Waals surface area contributed by atoms with E-state index in [1.807, 2.05) is 6.07 Å². The SMILES string of the molecule is CCc1nc2cc(NC(CC)C3CC3)ccc2o1. The molecule has 1 heterocycles. The molecule has 1 aliphatic carbocycles. The summed E-state index contributed by atoms with van der Waals surface area (Å²) in [6.07, 6.45) is 4.77. The molecular weight excluding hydrogens is 224 g/mol. The molecule has 0 bridgehead atoms. The molecule has 3 rings (SSSR count). The summed E-state index contributed by atoms with van der Waals surface area (Å²) in [5, 5.41) is 3.63. The number of anilines is 1. The van der Waals surface area contributed by atoms with E-state index in [0.29, 0.717) is 6.04 Å². The third-order valence-electron chi connectivity index (χ3n) is 3.72. The Kier molecular flexibility index (Phi) is 2.98. The summed E-state index contributed by atoms with van der Waals surface area (Å²) in [5.74, 6) is 1.69. The molecule has 0 aliphatic heterocycles. The molecule has 0 amide bonds.